The SMILES string of the molecule is Nc1cc(C(c2ccccc2)c2ccccc2)ccc1SCCC(=O)ONC(=O)CCl. The number of thioether (sulfide) groups is 1. The first-order chi connectivity index (χ1) is 15.1. The first kappa shape index (κ1) is 22.7. The van der Waals surface area contributed by atoms with Crippen molar-refractivity contribution in [3.05, 3.63) is 95.6 Å². The van der Waals surface area contributed by atoms with Crippen molar-refractivity contribution in [2.75, 3.05) is 17.4 Å². The zero-order valence-electron chi connectivity index (χ0n) is 16.8. The Morgan fingerprint density at radius 1 is 0.935 bits per heavy atom. The molecular formula is C24H23ClN2O3S. The largest absolute Gasteiger partial charge is 0.398 e. The van der Waals surface area contributed by atoms with Crippen molar-refractivity contribution >= 4 is 40.9 Å². The average Bonchev–Trinajstić information content (AvgIpc) is 2.80. The number of nitrogens with one attached hydrogen (secondary N) is 1. The standard InChI is InChI=1S/C24H23ClN2O3S/c25-16-22(28)27-30-23(29)13-14-31-21-12-11-19(15-20(21)26)24(17-7-3-1-4-8-17)18-9-5-2-6-10-18/h1-12,15,24H,13-14,16,26H2,(H,27,28). The number of nitrogen functional groups attached to an aromatic ring is 1. The molecule has 0 aliphatic rings. The van der Waals surface area contributed by atoms with Crippen molar-refractivity contribution in [1.82, 2.24) is 5.48 Å². The monoisotopic (exact) mass is 454 g/mol. The highest BCUT2D eigenvalue weighted by molar-refractivity contribution is 7.99. The summed E-state index contributed by atoms with van der Waals surface area (Å²) in [6.45, 7) is 0. The lowest BCUT2D eigenvalue weighted by molar-refractivity contribution is -0.156. The van der Waals surface area contributed by atoms with E-state index in [0.29, 0.717) is 11.4 Å². The van der Waals surface area contributed by atoms with Gasteiger partial charge in [0.15, 0.2) is 0 Å². The zero-order chi connectivity index (χ0) is 22.1. The first-order valence-electron chi connectivity index (χ1n) is 9.75. The van der Waals surface area contributed by atoms with E-state index < -0.39 is 11.9 Å². The molecule has 3 aromatic rings. The number of carbonyl (C=O) groups excluding carboxylic acids is 2. The number of alkyl halides is 1. The molecule has 7 heteroatoms. The number of halogens is 1. The van der Waals surface area contributed by atoms with Crippen LogP contribution in [-0.4, -0.2) is 23.5 Å². The van der Waals surface area contributed by atoms with Crippen molar-refractivity contribution in [2.24, 2.45) is 0 Å². The fourth-order valence-corrected chi connectivity index (χ4v) is 4.12. The average molecular weight is 455 g/mol. The van der Waals surface area contributed by atoms with Crippen LogP contribution in [0.4, 0.5) is 5.69 Å². The number of benzene rings is 3. The lowest BCUT2D eigenvalue weighted by atomic mass is 9.85. The molecule has 0 bridgehead atoms. The molecule has 0 radical (unpaired) electrons. The normalized spacial score (nSPS) is 10.6. The molecule has 31 heavy (non-hydrogen) atoms. The maximum absolute atomic E-state index is 11.7. The van der Waals surface area contributed by atoms with Gasteiger partial charge >= 0.3 is 5.97 Å². The number of rotatable bonds is 8. The molecule has 160 valence electrons. The minimum Gasteiger partial charge on any atom is -0.398 e. The Kier molecular flexibility index (Phi) is 8.38. The Labute approximate surface area is 190 Å². The van der Waals surface area contributed by atoms with Gasteiger partial charge in [-0.3, -0.25) is 4.79 Å². The highest BCUT2D eigenvalue weighted by Gasteiger charge is 2.17. The van der Waals surface area contributed by atoms with E-state index in [0.717, 1.165) is 10.5 Å². The molecule has 0 aliphatic heterocycles. The van der Waals surface area contributed by atoms with Crippen LogP contribution in [0.1, 0.15) is 29.0 Å². The highest BCUT2D eigenvalue weighted by Crippen LogP contribution is 2.35. The molecule has 0 saturated heterocycles. The molecule has 3 rings (SSSR count). The fourth-order valence-electron chi connectivity index (χ4n) is 3.18. The smallest absolute Gasteiger partial charge is 0.333 e. The Bertz CT molecular complexity index is 976. The van der Waals surface area contributed by atoms with Gasteiger partial charge in [0.25, 0.3) is 5.91 Å². The van der Waals surface area contributed by atoms with Gasteiger partial charge in [-0.1, -0.05) is 66.7 Å². The Balaban J connectivity index is 1.70. The van der Waals surface area contributed by atoms with Crippen molar-refractivity contribution in [3.63, 3.8) is 0 Å². The van der Waals surface area contributed by atoms with Crippen molar-refractivity contribution in [3.8, 4) is 0 Å². The topological polar surface area (TPSA) is 81.4 Å². The Hall–Kier alpha value is -2.96. The number of nitrogens with two attached hydrogens (primary N) is 1. The molecule has 0 heterocycles. The quantitative estimate of drug-likeness (QED) is 0.169. The molecule has 5 nitrogen and oxygen atoms in total. The predicted molar refractivity (Wildman–Crippen MR) is 125 cm³/mol. The second-order valence-corrected chi connectivity index (χ2v) is 8.19. The number of anilines is 1. The fraction of sp³-hybridized carbons (Fsp3) is 0.167. The summed E-state index contributed by atoms with van der Waals surface area (Å²) in [4.78, 5) is 28.2. The van der Waals surface area contributed by atoms with Crippen LogP contribution in [0.5, 0.6) is 0 Å². The maximum atomic E-state index is 11.7. The van der Waals surface area contributed by atoms with Crippen LogP contribution < -0.4 is 11.2 Å². The third-order valence-corrected chi connectivity index (χ3v) is 5.93. The van der Waals surface area contributed by atoms with E-state index in [4.69, 9.17) is 17.3 Å². The second-order valence-electron chi connectivity index (χ2n) is 6.78. The van der Waals surface area contributed by atoms with Gasteiger partial charge in [-0.2, -0.15) is 5.48 Å². The Morgan fingerprint density at radius 2 is 1.55 bits per heavy atom. The molecule has 3 aromatic carbocycles. The van der Waals surface area contributed by atoms with Crippen LogP contribution in [0.25, 0.3) is 0 Å². The van der Waals surface area contributed by atoms with Crippen molar-refractivity contribution in [2.45, 2.75) is 17.2 Å². The van der Waals surface area contributed by atoms with Crippen LogP contribution >= 0.6 is 23.4 Å². The van der Waals surface area contributed by atoms with Crippen molar-refractivity contribution in [1.29, 1.82) is 0 Å². The number of carbonyl (C=O) groups is 2. The van der Waals surface area contributed by atoms with Gasteiger partial charge in [-0.15, -0.1) is 23.4 Å². The summed E-state index contributed by atoms with van der Waals surface area (Å²) in [5, 5.41) is 0. The number of hydroxylamine groups is 1. The lowest BCUT2D eigenvalue weighted by Gasteiger charge is -2.20. The lowest BCUT2D eigenvalue weighted by Crippen LogP contribution is -2.28. The molecule has 0 fully saturated rings. The summed E-state index contributed by atoms with van der Waals surface area (Å²) >= 11 is 6.79. The van der Waals surface area contributed by atoms with Crippen molar-refractivity contribution < 1.29 is 14.4 Å². The van der Waals surface area contributed by atoms with Gasteiger partial charge in [-0.25, -0.2) is 4.79 Å². The molecule has 1 amide bonds. The highest BCUT2D eigenvalue weighted by atomic mass is 35.5. The molecule has 0 aliphatic carbocycles. The van der Waals surface area contributed by atoms with Gasteiger partial charge in [-0.05, 0) is 28.8 Å². The van der Waals surface area contributed by atoms with E-state index in [1.165, 1.54) is 22.9 Å². The van der Waals surface area contributed by atoms with Gasteiger partial charge < -0.3 is 10.6 Å². The summed E-state index contributed by atoms with van der Waals surface area (Å²) in [7, 11) is 0. The number of hydrogen-bond donors (Lipinski definition) is 2. The minimum atomic E-state index is -0.561. The number of amides is 1. The van der Waals surface area contributed by atoms with E-state index in [-0.39, 0.29) is 18.2 Å². The van der Waals surface area contributed by atoms with E-state index in [9.17, 15) is 9.59 Å². The maximum Gasteiger partial charge on any atom is 0.333 e. The van der Waals surface area contributed by atoms with Gasteiger partial charge in [0, 0.05) is 22.3 Å². The summed E-state index contributed by atoms with van der Waals surface area (Å²) in [5.74, 6) is -0.815. The van der Waals surface area contributed by atoms with E-state index >= 15 is 0 Å². The van der Waals surface area contributed by atoms with Crippen LogP contribution in [0.2, 0.25) is 0 Å². The van der Waals surface area contributed by atoms with E-state index in [1.54, 1.807) is 0 Å². The van der Waals surface area contributed by atoms with E-state index in [1.807, 2.05) is 54.0 Å². The summed E-state index contributed by atoms with van der Waals surface area (Å²) in [6.07, 6.45) is 0.130. The predicted octanol–water partition coefficient (Wildman–Crippen LogP) is 4.74. The summed E-state index contributed by atoms with van der Waals surface area (Å²) in [5.41, 5.74) is 12.5. The third kappa shape index (κ3) is 6.51. The van der Waals surface area contributed by atoms with Crippen LogP contribution in [0.15, 0.2) is 83.8 Å². The third-order valence-electron chi connectivity index (χ3n) is 4.60. The summed E-state index contributed by atoms with van der Waals surface area (Å²) < 4.78 is 0. The Morgan fingerprint density at radius 3 is 2.10 bits per heavy atom. The van der Waals surface area contributed by atoms with Gasteiger partial charge in [0.2, 0.25) is 0 Å². The van der Waals surface area contributed by atoms with E-state index in [2.05, 4.69) is 35.2 Å². The van der Waals surface area contributed by atoms with Gasteiger partial charge in [0.05, 0.1) is 6.42 Å². The van der Waals surface area contributed by atoms with Gasteiger partial charge in [0.1, 0.15) is 5.88 Å². The molecule has 0 aromatic heterocycles. The molecular weight excluding hydrogens is 432 g/mol. The van der Waals surface area contributed by atoms with Crippen LogP contribution in [-0.2, 0) is 14.4 Å². The molecule has 0 unspecified atom stereocenters. The minimum absolute atomic E-state index is 0.0734. The molecule has 3 N–H and O–H groups in total. The summed E-state index contributed by atoms with van der Waals surface area (Å²) in [6, 6.07) is 26.7. The molecule has 0 spiro atoms. The molecule has 0 saturated carbocycles. The second kappa shape index (κ2) is 11.4. The number of hydrogen-bond acceptors (Lipinski definition) is 5. The zero-order valence-corrected chi connectivity index (χ0v) is 18.4. The first-order valence-corrected chi connectivity index (χ1v) is 11.3. The molecule has 0 atom stereocenters. The van der Waals surface area contributed by atoms with Crippen LogP contribution in [0.3, 0.4) is 0 Å². The van der Waals surface area contributed by atoms with Crippen LogP contribution in [0, 0.1) is 0 Å².